The number of amides is 2. The minimum atomic E-state index is -0.311. The van der Waals surface area contributed by atoms with Crippen molar-refractivity contribution in [2.75, 3.05) is 33.2 Å². The van der Waals surface area contributed by atoms with Crippen molar-refractivity contribution in [3.05, 3.63) is 35.9 Å². The van der Waals surface area contributed by atoms with Gasteiger partial charge in [0.15, 0.2) is 0 Å². The van der Waals surface area contributed by atoms with Gasteiger partial charge in [-0.05, 0) is 24.3 Å². The van der Waals surface area contributed by atoms with Crippen LogP contribution in [-0.2, 0) is 16.1 Å². The van der Waals surface area contributed by atoms with Crippen LogP contribution in [0.2, 0.25) is 0 Å². The summed E-state index contributed by atoms with van der Waals surface area (Å²) in [4.78, 5) is 27.0. The largest absolute Gasteiger partial charge is 0.445 e. The highest BCUT2D eigenvalue weighted by Gasteiger charge is 2.24. The highest BCUT2D eigenvalue weighted by Crippen LogP contribution is 2.18. The van der Waals surface area contributed by atoms with Gasteiger partial charge in [-0.3, -0.25) is 4.79 Å². The SMILES string of the molecule is CN(CC1CCN(C(=O)CN)CC1)C(=O)OCc1ccccc1. The topological polar surface area (TPSA) is 75.9 Å². The second-order valence-corrected chi connectivity index (χ2v) is 5.95. The first-order valence-corrected chi connectivity index (χ1v) is 7.99. The molecule has 6 nitrogen and oxygen atoms in total. The summed E-state index contributed by atoms with van der Waals surface area (Å²) in [6, 6.07) is 9.63. The second-order valence-electron chi connectivity index (χ2n) is 5.95. The molecule has 1 fully saturated rings. The predicted octanol–water partition coefficient (Wildman–Crippen LogP) is 1.45. The Bertz CT molecular complexity index is 513. The van der Waals surface area contributed by atoms with E-state index in [1.807, 2.05) is 30.3 Å². The Morgan fingerprint density at radius 2 is 1.91 bits per heavy atom. The minimum Gasteiger partial charge on any atom is -0.445 e. The summed E-state index contributed by atoms with van der Waals surface area (Å²) in [5.41, 5.74) is 6.35. The molecule has 23 heavy (non-hydrogen) atoms. The summed E-state index contributed by atoms with van der Waals surface area (Å²) in [5, 5.41) is 0. The Kier molecular flexibility index (Phi) is 6.40. The molecule has 0 aromatic heterocycles. The number of rotatable bonds is 5. The maximum atomic E-state index is 12.0. The summed E-state index contributed by atoms with van der Waals surface area (Å²) >= 11 is 0. The van der Waals surface area contributed by atoms with Crippen molar-refractivity contribution >= 4 is 12.0 Å². The molecule has 0 spiro atoms. The molecule has 2 rings (SSSR count). The molecule has 1 heterocycles. The van der Waals surface area contributed by atoms with Gasteiger partial charge in [0.25, 0.3) is 0 Å². The molecule has 1 aliphatic heterocycles. The highest BCUT2D eigenvalue weighted by molar-refractivity contribution is 5.78. The van der Waals surface area contributed by atoms with E-state index in [1.165, 1.54) is 0 Å². The summed E-state index contributed by atoms with van der Waals surface area (Å²) in [6.07, 6.45) is 1.47. The van der Waals surface area contributed by atoms with Gasteiger partial charge < -0.3 is 20.3 Å². The fourth-order valence-electron chi connectivity index (χ4n) is 2.79. The van der Waals surface area contributed by atoms with Crippen LogP contribution in [0.25, 0.3) is 0 Å². The van der Waals surface area contributed by atoms with Crippen molar-refractivity contribution in [3.8, 4) is 0 Å². The molecular weight excluding hydrogens is 294 g/mol. The van der Waals surface area contributed by atoms with E-state index in [1.54, 1.807) is 16.8 Å². The van der Waals surface area contributed by atoms with Gasteiger partial charge in [0, 0.05) is 26.7 Å². The maximum absolute atomic E-state index is 12.0. The van der Waals surface area contributed by atoms with E-state index in [0.29, 0.717) is 25.6 Å². The van der Waals surface area contributed by atoms with Crippen LogP contribution in [0.5, 0.6) is 0 Å². The molecule has 0 radical (unpaired) electrons. The quantitative estimate of drug-likeness (QED) is 0.891. The van der Waals surface area contributed by atoms with Gasteiger partial charge in [-0.15, -0.1) is 0 Å². The van der Waals surface area contributed by atoms with Crippen LogP contribution in [0, 0.1) is 5.92 Å². The normalized spacial score (nSPS) is 15.3. The number of hydrogen-bond acceptors (Lipinski definition) is 4. The van der Waals surface area contributed by atoms with E-state index < -0.39 is 0 Å². The molecule has 2 N–H and O–H groups in total. The average molecular weight is 319 g/mol. The van der Waals surface area contributed by atoms with Crippen molar-refractivity contribution in [1.82, 2.24) is 9.80 Å². The highest BCUT2D eigenvalue weighted by atomic mass is 16.6. The zero-order valence-corrected chi connectivity index (χ0v) is 13.6. The van der Waals surface area contributed by atoms with Crippen LogP contribution in [0.15, 0.2) is 30.3 Å². The zero-order chi connectivity index (χ0) is 16.7. The van der Waals surface area contributed by atoms with E-state index in [0.717, 1.165) is 18.4 Å². The molecule has 0 saturated carbocycles. The fourth-order valence-corrected chi connectivity index (χ4v) is 2.79. The number of carbonyl (C=O) groups is 2. The number of carbonyl (C=O) groups excluding carboxylic acids is 2. The van der Waals surface area contributed by atoms with Crippen LogP contribution in [0.4, 0.5) is 4.79 Å². The lowest BCUT2D eigenvalue weighted by molar-refractivity contribution is -0.131. The molecule has 0 unspecified atom stereocenters. The van der Waals surface area contributed by atoms with Gasteiger partial charge in [-0.25, -0.2) is 4.79 Å². The van der Waals surface area contributed by atoms with Crippen LogP contribution < -0.4 is 5.73 Å². The van der Waals surface area contributed by atoms with Crippen LogP contribution in [0.3, 0.4) is 0 Å². The van der Waals surface area contributed by atoms with E-state index in [-0.39, 0.29) is 25.2 Å². The Morgan fingerprint density at radius 3 is 2.52 bits per heavy atom. The summed E-state index contributed by atoms with van der Waals surface area (Å²) < 4.78 is 5.31. The lowest BCUT2D eigenvalue weighted by Gasteiger charge is -2.33. The molecule has 0 atom stereocenters. The first kappa shape index (κ1) is 17.3. The Hall–Kier alpha value is -2.08. The molecule has 0 bridgehead atoms. The van der Waals surface area contributed by atoms with Crippen molar-refractivity contribution in [2.24, 2.45) is 11.7 Å². The molecule has 1 aromatic carbocycles. The standard InChI is InChI=1S/C17H25N3O3/c1-19(17(22)23-13-15-5-3-2-4-6-15)12-14-7-9-20(10-8-14)16(21)11-18/h2-6,14H,7-13,18H2,1H3. The van der Waals surface area contributed by atoms with E-state index in [4.69, 9.17) is 10.5 Å². The van der Waals surface area contributed by atoms with Crippen molar-refractivity contribution in [3.63, 3.8) is 0 Å². The van der Waals surface area contributed by atoms with E-state index in [9.17, 15) is 9.59 Å². The monoisotopic (exact) mass is 319 g/mol. The third kappa shape index (κ3) is 5.25. The third-order valence-electron chi connectivity index (χ3n) is 4.19. The fraction of sp³-hybridized carbons (Fsp3) is 0.529. The number of nitrogens with zero attached hydrogens (tertiary/aromatic N) is 2. The second kappa shape index (κ2) is 8.53. The first-order valence-electron chi connectivity index (χ1n) is 7.99. The Labute approximate surface area is 137 Å². The lowest BCUT2D eigenvalue weighted by Crippen LogP contribution is -2.44. The summed E-state index contributed by atoms with van der Waals surface area (Å²) in [5.74, 6) is 0.394. The van der Waals surface area contributed by atoms with Crippen molar-refractivity contribution < 1.29 is 14.3 Å². The Morgan fingerprint density at radius 1 is 1.26 bits per heavy atom. The number of nitrogens with two attached hydrogens (primary N) is 1. The molecule has 1 aromatic rings. The molecular formula is C17H25N3O3. The lowest BCUT2D eigenvalue weighted by atomic mass is 9.96. The number of likely N-dealkylation sites (tertiary alicyclic amines) is 1. The van der Waals surface area contributed by atoms with Gasteiger partial charge >= 0.3 is 6.09 Å². The summed E-state index contributed by atoms with van der Waals surface area (Å²) in [7, 11) is 1.75. The molecule has 2 amide bonds. The number of hydrogen-bond donors (Lipinski definition) is 1. The smallest absolute Gasteiger partial charge is 0.409 e. The molecule has 1 aliphatic rings. The number of piperidine rings is 1. The average Bonchev–Trinajstić information content (AvgIpc) is 2.60. The zero-order valence-electron chi connectivity index (χ0n) is 13.6. The van der Waals surface area contributed by atoms with Crippen molar-refractivity contribution in [1.29, 1.82) is 0 Å². The van der Waals surface area contributed by atoms with Gasteiger partial charge in [-0.2, -0.15) is 0 Å². The van der Waals surface area contributed by atoms with E-state index in [2.05, 4.69) is 0 Å². The van der Waals surface area contributed by atoms with E-state index >= 15 is 0 Å². The first-order chi connectivity index (χ1) is 11.1. The van der Waals surface area contributed by atoms with Crippen LogP contribution in [0.1, 0.15) is 18.4 Å². The molecule has 1 saturated heterocycles. The predicted molar refractivity (Wildman–Crippen MR) is 87.6 cm³/mol. The molecule has 6 heteroatoms. The van der Waals surface area contributed by atoms with Crippen LogP contribution >= 0.6 is 0 Å². The summed E-state index contributed by atoms with van der Waals surface area (Å²) in [6.45, 7) is 2.43. The van der Waals surface area contributed by atoms with Crippen LogP contribution in [-0.4, -0.2) is 55.0 Å². The number of ether oxygens (including phenoxy) is 1. The minimum absolute atomic E-state index is 0.000856. The van der Waals surface area contributed by atoms with Gasteiger partial charge in [0.2, 0.25) is 5.91 Å². The van der Waals surface area contributed by atoms with Gasteiger partial charge in [0.1, 0.15) is 6.61 Å². The molecule has 0 aliphatic carbocycles. The molecule has 126 valence electrons. The van der Waals surface area contributed by atoms with Gasteiger partial charge in [0.05, 0.1) is 6.54 Å². The maximum Gasteiger partial charge on any atom is 0.409 e. The number of benzene rings is 1. The van der Waals surface area contributed by atoms with Crippen molar-refractivity contribution in [2.45, 2.75) is 19.4 Å². The van der Waals surface area contributed by atoms with Gasteiger partial charge in [-0.1, -0.05) is 30.3 Å². The Balaban J connectivity index is 1.71. The third-order valence-corrected chi connectivity index (χ3v) is 4.19.